The van der Waals surface area contributed by atoms with Crippen molar-refractivity contribution in [1.82, 2.24) is 40.2 Å². The van der Waals surface area contributed by atoms with Crippen LogP contribution in [0.15, 0.2) is 137 Å². The molecule has 0 aliphatic carbocycles. The third-order valence-corrected chi connectivity index (χ3v) is 15.2. The molecule has 23 nitrogen and oxygen atoms in total. The largest absolute Gasteiger partial charge is 0.416 e. The predicted octanol–water partition coefficient (Wildman–Crippen LogP) is 7.76. The van der Waals surface area contributed by atoms with Crippen molar-refractivity contribution < 1.29 is 73.9 Å². The maximum absolute atomic E-state index is 14.0. The molecule has 4 N–H and O–H groups in total. The van der Waals surface area contributed by atoms with Crippen molar-refractivity contribution in [2.24, 2.45) is 0 Å². The summed E-state index contributed by atoms with van der Waals surface area (Å²) >= 11 is 0. The molecule has 3 aromatic heterocycles. The number of anilines is 1. The summed E-state index contributed by atoms with van der Waals surface area (Å²) < 4.78 is 120. The third kappa shape index (κ3) is 20.2. The first-order chi connectivity index (χ1) is 47.2. The average Bonchev–Trinajstić information content (AvgIpc) is 1.26. The maximum atomic E-state index is 14.0. The van der Waals surface area contributed by atoms with Crippen LogP contribution in [0.4, 0.5) is 32.0 Å². The average molecular weight is 1360 g/mol. The first-order valence-electron chi connectivity index (χ1n) is 31.2. The van der Waals surface area contributed by atoms with E-state index in [0.29, 0.717) is 58.0 Å². The van der Waals surface area contributed by atoms with Gasteiger partial charge in [0.25, 0.3) is 22.9 Å². The number of hydrogen-bond donors (Lipinski definition) is 4. The number of alkyl halides is 6. The molecule has 1 aliphatic rings. The lowest BCUT2D eigenvalue weighted by Gasteiger charge is -2.26. The number of pyridine rings is 2. The highest BCUT2D eigenvalue weighted by molar-refractivity contribution is 5.96. The van der Waals surface area contributed by atoms with Crippen LogP contribution in [-0.4, -0.2) is 155 Å². The number of nitriles is 2. The van der Waals surface area contributed by atoms with E-state index in [2.05, 4.69) is 32.4 Å². The van der Waals surface area contributed by atoms with Crippen molar-refractivity contribution in [3.8, 4) is 40.5 Å². The van der Waals surface area contributed by atoms with E-state index < -0.39 is 46.4 Å². The minimum atomic E-state index is -4.71. The first kappa shape index (κ1) is 73.5. The fraction of sp³-hybridized carbons (Fsp3) is 0.348. The van der Waals surface area contributed by atoms with Gasteiger partial charge in [-0.05, 0) is 123 Å². The summed E-state index contributed by atoms with van der Waals surface area (Å²) in [5, 5.41) is 33.6. The van der Waals surface area contributed by atoms with Gasteiger partial charge in [-0.1, -0.05) is 18.2 Å². The zero-order valence-electron chi connectivity index (χ0n) is 53.6. The standard InChI is InChI=1S/C69H71F6N11O12/c1-46-56(60-10-5-27-83(60)52-15-11-48(44-76)12-16-52)42-58(66(91)84(46)54-8-3-6-50(40-54)68(70,71)72)64(89)80-25-30-95-34-38-97-36-32-93-28-23-78-62(87)19-20-63(88)79-24-29-94-33-37-98-39-35-96-31-26-81-65(90)59-43-57(61-21-22-82-86(61)53-17-13-49(45-77)14-18-53)47(2)85(67(59)92)55-9-4-7-51(41-55)69(73,74)75/h3-4,6-18,21-22,40-43H,5,19-20,23-39H2,1-2H3,(H,78,87)(H,79,88)(H,80,89)(H,81,90). The van der Waals surface area contributed by atoms with E-state index in [1.54, 1.807) is 68.4 Å². The number of ether oxygens (including phenoxy) is 6. The Morgan fingerprint density at radius 1 is 0.500 bits per heavy atom. The lowest BCUT2D eigenvalue weighted by Crippen LogP contribution is -2.36. The molecule has 4 amide bonds. The van der Waals surface area contributed by atoms with E-state index >= 15 is 0 Å². The van der Waals surface area contributed by atoms with Crippen molar-refractivity contribution in [2.75, 3.05) is 117 Å². The normalized spacial score (nSPS) is 12.2. The molecular formula is C69H71F6N11O12. The lowest BCUT2D eigenvalue weighted by molar-refractivity contribution is -0.138. The number of halogens is 6. The Labute approximate surface area is 559 Å². The van der Waals surface area contributed by atoms with E-state index in [1.807, 2.05) is 17.0 Å². The number of rotatable bonds is 35. The Kier molecular flexibility index (Phi) is 26.7. The molecule has 516 valence electrons. The monoisotopic (exact) mass is 1360 g/mol. The van der Waals surface area contributed by atoms with Crippen molar-refractivity contribution in [2.45, 2.75) is 45.5 Å². The lowest BCUT2D eigenvalue weighted by atomic mass is 10.0. The highest BCUT2D eigenvalue weighted by Gasteiger charge is 2.33. The van der Waals surface area contributed by atoms with Crippen molar-refractivity contribution in [3.63, 3.8) is 0 Å². The molecular weight excluding hydrogens is 1290 g/mol. The Bertz CT molecular complexity index is 4160. The van der Waals surface area contributed by atoms with Crippen LogP contribution in [0, 0.1) is 36.5 Å². The van der Waals surface area contributed by atoms with Gasteiger partial charge in [0.1, 0.15) is 11.1 Å². The Balaban J connectivity index is 0.642. The zero-order chi connectivity index (χ0) is 70.2. The van der Waals surface area contributed by atoms with Crippen molar-refractivity contribution in [1.29, 1.82) is 10.5 Å². The molecule has 29 heteroatoms. The van der Waals surface area contributed by atoms with E-state index in [0.717, 1.165) is 39.1 Å². The van der Waals surface area contributed by atoms with Crippen molar-refractivity contribution >= 4 is 35.0 Å². The molecule has 0 atom stereocenters. The second-order valence-electron chi connectivity index (χ2n) is 21.9. The smallest absolute Gasteiger partial charge is 0.377 e. The van der Waals surface area contributed by atoms with Gasteiger partial charge in [-0.3, -0.25) is 37.9 Å². The van der Waals surface area contributed by atoms with E-state index in [9.17, 15) is 65.6 Å². The molecule has 7 aromatic rings. The number of hydrogen-bond acceptors (Lipinski definition) is 16. The highest BCUT2D eigenvalue weighted by atomic mass is 19.4. The number of carbonyl (C=O) groups is 4. The Hall–Kier alpha value is -10.3. The van der Waals surface area contributed by atoms with Gasteiger partial charge in [0.15, 0.2) is 0 Å². The van der Waals surface area contributed by atoms with Gasteiger partial charge >= 0.3 is 12.4 Å². The van der Waals surface area contributed by atoms with Crippen LogP contribution in [-0.2, 0) is 50.4 Å². The maximum Gasteiger partial charge on any atom is 0.416 e. The molecule has 4 heterocycles. The second-order valence-corrected chi connectivity index (χ2v) is 21.9. The predicted molar refractivity (Wildman–Crippen MR) is 347 cm³/mol. The SMILES string of the molecule is Cc1c(C2=CCCN2c2ccc(C#N)cc2)cc(C(=O)NCCOCCOCCOCCNC(=O)CCC(=O)NCCOCCOCCOCCNC(=O)c2cc(-c3ccnn3-c3ccc(C#N)cc3)c(C)n(-c3cccc(C(F)(F)F)c3)c2=O)c(=O)n1-c1cccc(C(F)(F)F)c1. The number of aromatic nitrogens is 4. The molecule has 0 spiro atoms. The summed E-state index contributed by atoms with van der Waals surface area (Å²) in [4.78, 5) is 81.8. The second kappa shape index (κ2) is 35.6. The Morgan fingerprint density at radius 3 is 1.33 bits per heavy atom. The fourth-order valence-corrected chi connectivity index (χ4v) is 10.4. The van der Waals surface area contributed by atoms with E-state index in [-0.39, 0.29) is 158 Å². The minimum Gasteiger partial charge on any atom is -0.377 e. The summed E-state index contributed by atoms with van der Waals surface area (Å²) in [5.41, 5.74) is 0.134. The quantitative estimate of drug-likeness (QED) is 0.0218. The highest BCUT2D eigenvalue weighted by Crippen LogP contribution is 2.36. The van der Waals surface area contributed by atoms with E-state index in [1.165, 1.54) is 47.3 Å². The van der Waals surface area contributed by atoms with Gasteiger partial charge in [-0.15, -0.1) is 0 Å². The van der Waals surface area contributed by atoms with Gasteiger partial charge in [0.05, 0.1) is 131 Å². The van der Waals surface area contributed by atoms with Crippen LogP contribution in [0.2, 0.25) is 0 Å². The van der Waals surface area contributed by atoms with Crippen LogP contribution in [0.1, 0.15) is 79.2 Å². The van der Waals surface area contributed by atoms with Crippen LogP contribution < -0.4 is 37.3 Å². The third-order valence-electron chi connectivity index (χ3n) is 15.2. The fourth-order valence-electron chi connectivity index (χ4n) is 10.4. The minimum absolute atomic E-state index is 0.00227. The molecule has 0 saturated carbocycles. The number of carbonyl (C=O) groups excluding carboxylic acids is 4. The molecule has 4 aromatic carbocycles. The Morgan fingerprint density at radius 2 is 0.898 bits per heavy atom. The number of amides is 4. The number of nitrogens with zero attached hydrogens (tertiary/aromatic N) is 7. The summed E-state index contributed by atoms with van der Waals surface area (Å²) in [6, 6.07) is 30.5. The van der Waals surface area contributed by atoms with E-state index in [4.69, 9.17) is 28.4 Å². The van der Waals surface area contributed by atoms with Gasteiger partial charge in [0, 0.05) is 90.8 Å². The van der Waals surface area contributed by atoms with Crippen LogP contribution in [0.5, 0.6) is 0 Å². The number of nitrogens with one attached hydrogen (secondary N) is 4. The molecule has 0 saturated heterocycles. The summed E-state index contributed by atoms with van der Waals surface area (Å²) in [5.74, 6) is -2.23. The van der Waals surface area contributed by atoms with Crippen LogP contribution in [0.3, 0.4) is 0 Å². The molecule has 0 fully saturated rings. The van der Waals surface area contributed by atoms with Gasteiger partial charge in [-0.2, -0.15) is 42.0 Å². The number of benzene rings is 4. The summed E-state index contributed by atoms with van der Waals surface area (Å²) in [6.07, 6.45) is -5.48. The van der Waals surface area contributed by atoms with Crippen molar-refractivity contribution in [3.05, 3.63) is 199 Å². The zero-order valence-corrected chi connectivity index (χ0v) is 53.6. The summed E-state index contributed by atoms with van der Waals surface area (Å²) in [7, 11) is 0. The topological polar surface area (TPSA) is 284 Å². The van der Waals surface area contributed by atoms with Crippen LogP contribution in [0.25, 0.3) is 34.0 Å². The molecule has 98 heavy (non-hydrogen) atoms. The molecule has 1 aliphatic heterocycles. The summed E-state index contributed by atoms with van der Waals surface area (Å²) in [6.45, 7) is 6.05. The molecule has 8 rings (SSSR count). The van der Waals surface area contributed by atoms with Gasteiger partial charge in [-0.25, -0.2) is 4.68 Å². The molecule has 0 unspecified atom stereocenters. The van der Waals surface area contributed by atoms with Gasteiger partial charge < -0.3 is 54.6 Å². The molecule has 0 radical (unpaired) electrons. The van der Waals surface area contributed by atoms with Crippen LogP contribution >= 0.6 is 0 Å². The van der Waals surface area contributed by atoms with Gasteiger partial charge in [0.2, 0.25) is 11.8 Å². The molecule has 0 bridgehead atoms. The first-order valence-corrected chi connectivity index (χ1v) is 31.2.